The van der Waals surface area contributed by atoms with Crippen LogP contribution in [0.1, 0.15) is 12.0 Å². The Balaban J connectivity index is 0.00000162. The lowest BCUT2D eigenvalue weighted by Gasteiger charge is -2.15. The van der Waals surface area contributed by atoms with Crippen molar-refractivity contribution in [3.8, 4) is 0 Å². The molecule has 0 radical (unpaired) electrons. The van der Waals surface area contributed by atoms with E-state index in [2.05, 4.69) is 0 Å². The smallest absolute Gasteiger partial charge is 0.218 e. The van der Waals surface area contributed by atoms with Crippen molar-refractivity contribution in [1.29, 1.82) is 0 Å². The van der Waals surface area contributed by atoms with Gasteiger partial charge in [-0.15, -0.1) is 12.4 Å². The van der Waals surface area contributed by atoms with Crippen molar-refractivity contribution in [3.05, 3.63) is 35.6 Å². The van der Waals surface area contributed by atoms with Crippen LogP contribution in [-0.2, 0) is 15.8 Å². The molecule has 4 nitrogen and oxygen atoms in total. The molecule has 1 fully saturated rings. The Hall–Kier alpha value is -0.690. The highest BCUT2D eigenvalue weighted by Crippen LogP contribution is 2.16. The Morgan fingerprint density at radius 2 is 1.94 bits per heavy atom. The SMILES string of the molecule is Cl.N[C@H]1CCN(S(=O)(=O)Cc2ccc(F)cc2)C1. The highest BCUT2D eigenvalue weighted by Gasteiger charge is 2.29. The van der Waals surface area contributed by atoms with Gasteiger partial charge < -0.3 is 5.73 Å². The van der Waals surface area contributed by atoms with Crippen LogP contribution in [0.2, 0.25) is 0 Å². The van der Waals surface area contributed by atoms with Crippen LogP contribution in [0.5, 0.6) is 0 Å². The fourth-order valence-corrected chi connectivity index (χ4v) is 3.49. The highest BCUT2D eigenvalue weighted by atomic mass is 35.5. The summed E-state index contributed by atoms with van der Waals surface area (Å²) in [6, 6.07) is 5.44. The molecule has 1 aromatic rings. The molecule has 0 aromatic heterocycles. The van der Waals surface area contributed by atoms with Gasteiger partial charge in [0.1, 0.15) is 5.82 Å². The summed E-state index contributed by atoms with van der Waals surface area (Å²) in [5.41, 5.74) is 6.27. The zero-order valence-electron chi connectivity index (χ0n) is 9.75. The average Bonchev–Trinajstić information content (AvgIpc) is 2.69. The maximum Gasteiger partial charge on any atom is 0.218 e. The van der Waals surface area contributed by atoms with Crippen molar-refractivity contribution in [1.82, 2.24) is 4.31 Å². The minimum atomic E-state index is -3.33. The van der Waals surface area contributed by atoms with Crippen LogP contribution in [-0.4, -0.2) is 31.9 Å². The van der Waals surface area contributed by atoms with Gasteiger partial charge in [0.2, 0.25) is 10.0 Å². The predicted molar refractivity (Wildman–Crippen MR) is 70.4 cm³/mol. The summed E-state index contributed by atoms with van der Waals surface area (Å²) >= 11 is 0. The molecular weight excluding hydrogens is 279 g/mol. The third-order valence-electron chi connectivity index (χ3n) is 2.84. The number of benzene rings is 1. The van der Waals surface area contributed by atoms with Gasteiger partial charge in [0.05, 0.1) is 5.75 Å². The van der Waals surface area contributed by atoms with Gasteiger partial charge in [-0.1, -0.05) is 12.1 Å². The molecular formula is C11H16ClFN2O2S. The van der Waals surface area contributed by atoms with E-state index in [-0.39, 0.29) is 30.0 Å². The minimum absolute atomic E-state index is 0. The van der Waals surface area contributed by atoms with Crippen molar-refractivity contribution in [2.75, 3.05) is 13.1 Å². The Bertz CT molecular complexity index is 492. The summed E-state index contributed by atoms with van der Waals surface area (Å²) in [4.78, 5) is 0. The van der Waals surface area contributed by atoms with Crippen molar-refractivity contribution in [2.45, 2.75) is 18.2 Å². The molecule has 1 aliphatic heterocycles. The molecule has 102 valence electrons. The first kappa shape index (κ1) is 15.4. The summed E-state index contributed by atoms with van der Waals surface area (Å²) in [5.74, 6) is -0.464. The molecule has 2 N–H and O–H groups in total. The first-order valence-electron chi connectivity index (χ1n) is 5.45. The Kier molecular flexibility index (Phi) is 5.10. The van der Waals surface area contributed by atoms with Crippen LogP contribution in [0.4, 0.5) is 4.39 Å². The summed E-state index contributed by atoms with van der Waals surface area (Å²) < 4.78 is 38.1. The standard InChI is InChI=1S/C11H15FN2O2S.ClH/c12-10-3-1-9(2-4-10)8-17(15,16)14-6-5-11(13)7-14;/h1-4,11H,5-8,13H2;1H/t11-;/m0./s1. The van der Waals surface area contributed by atoms with E-state index in [1.54, 1.807) is 0 Å². The van der Waals surface area contributed by atoms with E-state index in [1.807, 2.05) is 0 Å². The van der Waals surface area contributed by atoms with Crippen molar-refractivity contribution in [2.24, 2.45) is 5.73 Å². The van der Waals surface area contributed by atoms with Gasteiger partial charge in [-0.25, -0.2) is 17.1 Å². The van der Waals surface area contributed by atoms with E-state index in [0.717, 1.165) is 0 Å². The molecule has 0 aliphatic carbocycles. The lowest BCUT2D eigenvalue weighted by atomic mass is 10.2. The fraction of sp³-hybridized carbons (Fsp3) is 0.455. The highest BCUT2D eigenvalue weighted by molar-refractivity contribution is 7.88. The van der Waals surface area contributed by atoms with Crippen LogP contribution in [0.15, 0.2) is 24.3 Å². The van der Waals surface area contributed by atoms with Crippen LogP contribution in [0.25, 0.3) is 0 Å². The normalized spacial score (nSPS) is 20.7. The number of halogens is 2. The predicted octanol–water partition coefficient (Wildman–Crippen LogP) is 1.11. The first-order chi connectivity index (χ1) is 7.97. The van der Waals surface area contributed by atoms with Gasteiger partial charge in [-0.2, -0.15) is 0 Å². The summed E-state index contributed by atoms with van der Waals surface area (Å²) in [7, 11) is -3.33. The molecule has 1 atom stereocenters. The molecule has 1 saturated heterocycles. The molecule has 0 saturated carbocycles. The summed E-state index contributed by atoms with van der Waals surface area (Å²) in [6.45, 7) is 0.855. The van der Waals surface area contributed by atoms with E-state index in [4.69, 9.17) is 5.73 Å². The van der Waals surface area contributed by atoms with Gasteiger partial charge >= 0.3 is 0 Å². The largest absolute Gasteiger partial charge is 0.326 e. The third kappa shape index (κ3) is 3.65. The zero-order valence-corrected chi connectivity index (χ0v) is 11.4. The lowest BCUT2D eigenvalue weighted by molar-refractivity contribution is 0.471. The van der Waals surface area contributed by atoms with Gasteiger partial charge in [-0.05, 0) is 24.1 Å². The van der Waals surface area contributed by atoms with Crippen LogP contribution >= 0.6 is 12.4 Å². The number of nitrogens with zero attached hydrogens (tertiary/aromatic N) is 1. The number of rotatable bonds is 3. The fourth-order valence-electron chi connectivity index (χ4n) is 1.89. The summed E-state index contributed by atoms with van der Waals surface area (Å²) in [5, 5.41) is 0. The van der Waals surface area contributed by atoms with E-state index in [0.29, 0.717) is 25.1 Å². The maximum absolute atomic E-state index is 12.7. The van der Waals surface area contributed by atoms with E-state index >= 15 is 0 Å². The molecule has 1 heterocycles. The second-order valence-electron chi connectivity index (χ2n) is 4.29. The van der Waals surface area contributed by atoms with Crippen LogP contribution < -0.4 is 5.73 Å². The van der Waals surface area contributed by atoms with Gasteiger partial charge in [-0.3, -0.25) is 0 Å². The van der Waals surface area contributed by atoms with Crippen molar-refractivity contribution < 1.29 is 12.8 Å². The Morgan fingerprint density at radius 3 is 2.44 bits per heavy atom. The molecule has 18 heavy (non-hydrogen) atoms. The molecule has 0 unspecified atom stereocenters. The second-order valence-corrected chi connectivity index (χ2v) is 6.26. The van der Waals surface area contributed by atoms with E-state index in [9.17, 15) is 12.8 Å². The number of nitrogens with two attached hydrogens (primary N) is 1. The third-order valence-corrected chi connectivity index (χ3v) is 4.66. The van der Waals surface area contributed by atoms with E-state index < -0.39 is 10.0 Å². The monoisotopic (exact) mass is 294 g/mol. The molecule has 0 spiro atoms. The first-order valence-corrected chi connectivity index (χ1v) is 7.06. The molecule has 0 amide bonds. The molecule has 7 heteroatoms. The lowest BCUT2D eigenvalue weighted by Crippen LogP contribution is -2.32. The van der Waals surface area contributed by atoms with Crippen molar-refractivity contribution in [3.63, 3.8) is 0 Å². The quantitative estimate of drug-likeness (QED) is 0.908. The molecule has 2 rings (SSSR count). The topological polar surface area (TPSA) is 63.4 Å². The van der Waals surface area contributed by atoms with E-state index in [1.165, 1.54) is 28.6 Å². The molecule has 1 aliphatic rings. The molecule has 1 aromatic carbocycles. The number of hydrogen-bond donors (Lipinski definition) is 1. The zero-order chi connectivity index (χ0) is 12.5. The van der Waals surface area contributed by atoms with Crippen LogP contribution in [0.3, 0.4) is 0 Å². The second kappa shape index (κ2) is 5.97. The molecule has 0 bridgehead atoms. The maximum atomic E-state index is 12.7. The summed E-state index contributed by atoms with van der Waals surface area (Å²) in [6.07, 6.45) is 0.697. The number of sulfonamides is 1. The van der Waals surface area contributed by atoms with Gasteiger partial charge in [0.15, 0.2) is 0 Å². The average molecular weight is 295 g/mol. The Morgan fingerprint density at radius 1 is 1.33 bits per heavy atom. The van der Waals surface area contributed by atoms with Gasteiger partial charge in [0.25, 0.3) is 0 Å². The van der Waals surface area contributed by atoms with Crippen molar-refractivity contribution >= 4 is 22.4 Å². The van der Waals surface area contributed by atoms with Crippen LogP contribution in [0, 0.1) is 5.82 Å². The number of hydrogen-bond acceptors (Lipinski definition) is 3. The van der Waals surface area contributed by atoms with Gasteiger partial charge in [0, 0.05) is 19.1 Å². The Labute approximate surface area is 112 Å². The minimum Gasteiger partial charge on any atom is -0.326 e.